The summed E-state index contributed by atoms with van der Waals surface area (Å²) in [7, 11) is 0. The van der Waals surface area contributed by atoms with E-state index in [1.54, 1.807) is 0 Å². The summed E-state index contributed by atoms with van der Waals surface area (Å²) < 4.78 is 2.01. The van der Waals surface area contributed by atoms with Gasteiger partial charge in [0.2, 0.25) is 0 Å². The van der Waals surface area contributed by atoms with E-state index in [2.05, 4.69) is 6.07 Å². The molecule has 0 amide bonds. The molecule has 2 nitrogen and oxygen atoms in total. The molecule has 0 unspecified atom stereocenters. The summed E-state index contributed by atoms with van der Waals surface area (Å²) in [5.74, 6) is 0. The summed E-state index contributed by atoms with van der Waals surface area (Å²) in [5, 5.41) is 9.39. The van der Waals surface area contributed by atoms with Crippen molar-refractivity contribution in [2.75, 3.05) is 0 Å². The van der Waals surface area contributed by atoms with Crippen molar-refractivity contribution in [2.45, 2.75) is 6.92 Å². The molecule has 0 aliphatic heterocycles. The van der Waals surface area contributed by atoms with Crippen molar-refractivity contribution in [1.82, 2.24) is 4.40 Å². The zero-order valence-electron chi connectivity index (χ0n) is 10.1. The van der Waals surface area contributed by atoms with E-state index in [4.69, 9.17) is 0 Å². The Morgan fingerprint density at radius 2 is 1.89 bits per heavy atom. The van der Waals surface area contributed by atoms with Gasteiger partial charge in [0.25, 0.3) is 0 Å². The molecule has 18 heavy (non-hydrogen) atoms. The first-order valence-corrected chi connectivity index (χ1v) is 5.86. The molecule has 2 aromatic heterocycles. The first-order valence-electron chi connectivity index (χ1n) is 5.86. The van der Waals surface area contributed by atoms with Crippen molar-refractivity contribution in [3.05, 3.63) is 66.0 Å². The molecule has 1 aromatic carbocycles. The molecule has 0 fully saturated rings. The SMILES string of the molecule is Cc1ccn2cc(-c3ccccc3)c(C#N)c2c1. The van der Waals surface area contributed by atoms with Crippen LogP contribution in [0.5, 0.6) is 0 Å². The highest BCUT2D eigenvalue weighted by Gasteiger charge is 2.11. The molecule has 0 saturated carbocycles. The number of aryl methyl sites for hydroxylation is 1. The van der Waals surface area contributed by atoms with Gasteiger partial charge in [0.15, 0.2) is 0 Å². The van der Waals surface area contributed by atoms with Gasteiger partial charge in [-0.2, -0.15) is 5.26 Å². The van der Waals surface area contributed by atoms with E-state index in [1.807, 2.05) is 66.2 Å². The molecular weight excluding hydrogens is 220 g/mol. The van der Waals surface area contributed by atoms with Gasteiger partial charge in [0.05, 0.1) is 11.1 Å². The number of hydrogen-bond acceptors (Lipinski definition) is 1. The molecule has 2 heterocycles. The van der Waals surface area contributed by atoms with Gasteiger partial charge in [0, 0.05) is 18.0 Å². The maximum absolute atomic E-state index is 9.39. The molecule has 0 bridgehead atoms. The molecule has 0 spiro atoms. The number of rotatable bonds is 1. The second-order valence-electron chi connectivity index (χ2n) is 4.39. The predicted octanol–water partition coefficient (Wildman–Crippen LogP) is 3.79. The lowest BCUT2D eigenvalue weighted by molar-refractivity contribution is 1.18. The molecule has 0 aliphatic carbocycles. The molecule has 0 aliphatic rings. The highest BCUT2D eigenvalue weighted by atomic mass is 14.9. The van der Waals surface area contributed by atoms with Crippen molar-refractivity contribution >= 4 is 5.52 Å². The summed E-state index contributed by atoms with van der Waals surface area (Å²) >= 11 is 0. The minimum Gasteiger partial charge on any atom is -0.322 e. The quantitative estimate of drug-likeness (QED) is 0.627. The van der Waals surface area contributed by atoms with Gasteiger partial charge in [-0.25, -0.2) is 0 Å². The van der Waals surface area contributed by atoms with Crippen LogP contribution in [0.3, 0.4) is 0 Å². The van der Waals surface area contributed by atoms with Crippen LogP contribution in [0.25, 0.3) is 16.6 Å². The van der Waals surface area contributed by atoms with E-state index in [9.17, 15) is 5.26 Å². The van der Waals surface area contributed by atoms with E-state index >= 15 is 0 Å². The van der Waals surface area contributed by atoms with Gasteiger partial charge in [0.1, 0.15) is 6.07 Å². The standard InChI is InChI=1S/C16H12N2/c1-12-7-8-18-11-15(13-5-3-2-4-6-13)14(10-17)16(18)9-12/h2-9,11H,1H3. The second kappa shape index (κ2) is 4.05. The van der Waals surface area contributed by atoms with Gasteiger partial charge < -0.3 is 4.40 Å². The van der Waals surface area contributed by atoms with E-state index in [0.29, 0.717) is 0 Å². The molecular formula is C16H12N2. The number of nitriles is 1. The summed E-state index contributed by atoms with van der Waals surface area (Å²) in [5.41, 5.74) is 4.94. The summed E-state index contributed by atoms with van der Waals surface area (Å²) in [6, 6.07) is 16.4. The molecule has 86 valence electrons. The largest absolute Gasteiger partial charge is 0.322 e. The van der Waals surface area contributed by atoms with Gasteiger partial charge in [-0.1, -0.05) is 30.3 Å². The van der Waals surface area contributed by atoms with Gasteiger partial charge in [-0.15, -0.1) is 0 Å². The number of nitrogens with zero attached hydrogens (tertiary/aromatic N) is 2. The number of hydrogen-bond donors (Lipinski definition) is 0. The van der Waals surface area contributed by atoms with Crippen molar-refractivity contribution in [3.8, 4) is 17.2 Å². The van der Waals surface area contributed by atoms with Crippen molar-refractivity contribution in [3.63, 3.8) is 0 Å². The Labute approximate surface area is 106 Å². The molecule has 0 saturated heterocycles. The highest BCUT2D eigenvalue weighted by Crippen LogP contribution is 2.28. The Hall–Kier alpha value is -2.53. The lowest BCUT2D eigenvalue weighted by atomic mass is 10.0. The van der Waals surface area contributed by atoms with Crippen LogP contribution >= 0.6 is 0 Å². The number of aromatic nitrogens is 1. The lowest BCUT2D eigenvalue weighted by Gasteiger charge is -1.97. The van der Waals surface area contributed by atoms with Crippen LogP contribution in [-0.2, 0) is 0 Å². The van der Waals surface area contributed by atoms with Crippen LogP contribution in [0, 0.1) is 18.3 Å². The third-order valence-corrected chi connectivity index (χ3v) is 3.13. The zero-order valence-corrected chi connectivity index (χ0v) is 10.1. The maximum Gasteiger partial charge on any atom is 0.102 e. The fourth-order valence-corrected chi connectivity index (χ4v) is 2.23. The third-order valence-electron chi connectivity index (χ3n) is 3.13. The van der Waals surface area contributed by atoms with E-state index < -0.39 is 0 Å². The minimum absolute atomic E-state index is 0.741. The smallest absolute Gasteiger partial charge is 0.102 e. The Morgan fingerprint density at radius 3 is 2.61 bits per heavy atom. The summed E-state index contributed by atoms with van der Waals surface area (Å²) in [6.45, 7) is 2.04. The Morgan fingerprint density at radius 1 is 1.11 bits per heavy atom. The van der Waals surface area contributed by atoms with Gasteiger partial charge in [-0.3, -0.25) is 0 Å². The number of pyridine rings is 1. The molecule has 0 N–H and O–H groups in total. The Kier molecular flexibility index (Phi) is 2.39. The van der Waals surface area contributed by atoms with Crippen LogP contribution in [0.1, 0.15) is 11.1 Å². The first-order chi connectivity index (χ1) is 8.79. The van der Waals surface area contributed by atoms with Crippen molar-refractivity contribution in [2.24, 2.45) is 0 Å². The van der Waals surface area contributed by atoms with Crippen LogP contribution in [0.2, 0.25) is 0 Å². The third kappa shape index (κ3) is 1.57. The number of benzene rings is 1. The van der Waals surface area contributed by atoms with E-state index in [0.717, 1.165) is 27.8 Å². The Bertz CT molecular complexity index is 746. The topological polar surface area (TPSA) is 28.2 Å². The predicted molar refractivity (Wildman–Crippen MR) is 72.3 cm³/mol. The fraction of sp³-hybridized carbons (Fsp3) is 0.0625. The monoisotopic (exact) mass is 232 g/mol. The Balaban J connectivity index is 2.34. The lowest BCUT2D eigenvalue weighted by Crippen LogP contribution is -1.83. The van der Waals surface area contributed by atoms with Crippen LogP contribution in [-0.4, -0.2) is 4.40 Å². The zero-order chi connectivity index (χ0) is 12.5. The molecule has 3 aromatic rings. The maximum atomic E-state index is 9.39. The molecule has 0 atom stereocenters. The van der Waals surface area contributed by atoms with Crippen LogP contribution in [0.15, 0.2) is 54.9 Å². The summed E-state index contributed by atoms with van der Waals surface area (Å²) in [4.78, 5) is 0. The highest BCUT2D eigenvalue weighted by molar-refractivity contribution is 5.80. The first kappa shape index (κ1) is 10.6. The molecule has 3 rings (SSSR count). The average Bonchev–Trinajstić information content (AvgIpc) is 2.77. The van der Waals surface area contributed by atoms with E-state index in [1.165, 1.54) is 0 Å². The molecule has 0 radical (unpaired) electrons. The van der Waals surface area contributed by atoms with Crippen molar-refractivity contribution in [1.29, 1.82) is 5.26 Å². The van der Waals surface area contributed by atoms with Crippen LogP contribution in [0.4, 0.5) is 0 Å². The van der Waals surface area contributed by atoms with Crippen LogP contribution < -0.4 is 0 Å². The number of fused-ring (bicyclic) bond motifs is 1. The van der Waals surface area contributed by atoms with Gasteiger partial charge in [-0.05, 0) is 30.2 Å². The normalized spacial score (nSPS) is 10.4. The van der Waals surface area contributed by atoms with Crippen molar-refractivity contribution < 1.29 is 0 Å². The second-order valence-corrected chi connectivity index (χ2v) is 4.39. The molecule has 2 heteroatoms. The van der Waals surface area contributed by atoms with E-state index in [-0.39, 0.29) is 0 Å². The average molecular weight is 232 g/mol. The van der Waals surface area contributed by atoms with Gasteiger partial charge >= 0.3 is 0 Å². The summed E-state index contributed by atoms with van der Waals surface area (Å²) in [6.07, 6.45) is 4.01. The minimum atomic E-state index is 0.741. The fourth-order valence-electron chi connectivity index (χ4n) is 2.23.